The second-order valence-electron chi connectivity index (χ2n) is 5.21. The van der Waals surface area contributed by atoms with Gasteiger partial charge in [0.15, 0.2) is 11.6 Å². The van der Waals surface area contributed by atoms with Crippen LogP contribution in [-0.2, 0) is 10.0 Å². The van der Waals surface area contributed by atoms with Gasteiger partial charge in [0, 0.05) is 5.69 Å². The van der Waals surface area contributed by atoms with Crippen molar-refractivity contribution in [1.29, 1.82) is 0 Å². The normalized spacial score (nSPS) is 11.5. The minimum absolute atomic E-state index is 0.00309. The van der Waals surface area contributed by atoms with Crippen molar-refractivity contribution in [3.05, 3.63) is 42.0 Å². The maximum atomic E-state index is 11.4. The van der Waals surface area contributed by atoms with Crippen LogP contribution in [0.5, 0.6) is 0 Å². The zero-order valence-corrected chi connectivity index (χ0v) is 13.7. The van der Waals surface area contributed by atoms with Crippen LogP contribution in [-0.4, -0.2) is 24.4 Å². The molecule has 1 aromatic heterocycles. The molecule has 6 nitrogen and oxygen atoms in total. The van der Waals surface area contributed by atoms with Gasteiger partial charge in [-0.2, -0.15) is 0 Å². The fraction of sp³-hybridized carbons (Fsp3) is 0.333. The minimum atomic E-state index is -3.33. The van der Waals surface area contributed by atoms with Gasteiger partial charge in [-0.3, -0.25) is 4.72 Å². The monoisotopic (exact) mass is 320 g/mol. The van der Waals surface area contributed by atoms with Gasteiger partial charge in [-0.25, -0.2) is 8.42 Å². The third-order valence-corrected chi connectivity index (χ3v) is 4.43. The van der Waals surface area contributed by atoms with E-state index < -0.39 is 10.0 Å². The molecule has 0 aliphatic rings. The van der Waals surface area contributed by atoms with Crippen LogP contribution in [0.4, 0.5) is 17.3 Å². The Labute approximate surface area is 131 Å². The number of aromatic nitrogens is 2. The third-order valence-electron chi connectivity index (χ3n) is 3.15. The first-order valence-electron chi connectivity index (χ1n) is 7.11. The molecule has 0 amide bonds. The van der Waals surface area contributed by atoms with Crippen molar-refractivity contribution in [3.8, 4) is 0 Å². The second kappa shape index (κ2) is 6.74. The Morgan fingerprint density at radius 3 is 2.09 bits per heavy atom. The topological polar surface area (TPSA) is 84.0 Å². The Balaban J connectivity index is 2.05. The van der Waals surface area contributed by atoms with E-state index in [0.29, 0.717) is 11.7 Å². The lowest BCUT2D eigenvalue weighted by Crippen LogP contribution is -2.15. The van der Waals surface area contributed by atoms with Crippen LogP contribution >= 0.6 is 0 Å². The fourth-order valence-electron chi connectivity index (χ4n) is 1.78. The fourth-order valence-corrected chi connectivity index (χ4v) is 2.36. The number of rotatable bonds is 6. The standard InChI is InChI=1S/C15H20N4O2S/c1-4-22(20,21)19-15-10-9-14(17-18-15)16-13-7-5-12(6-8-13)11(2)3/h5-11H,4H2,1-3H3,(H,16,17)(H,18,19). The van der Waals surface area contributed by atoms with Crippen molar-refractivity contribution in [3.63, 3.8) is 0 Å². The van der Waals surface area contributed by atoms with E-state index in [1.807, 2.05) is 12.1 Å². The highest BCUT2D eigenvalue weighted by Crippen LogP contribution is 2.19. The summed E-state index contributed by atoms with van der Waals surface area (Å²) in [6.07, 6.45) is 0. The first kappa shape index (κ1) is 16.2. The maximum Gasteiger partial charge on any atom is 0.233 e. The van der Waals surface area contributed by atoms with Gasteiger partial charge in [0.1, 0.15) is 0 Å². The van der Waals surface area contributed by atoms with E-state index in [9.17, 15) is 8.42 Å². The van der Waals surface area contributed by atoms with Gasteiger partial charge in [0.05, 0.1) is 5.75 Å². The number of nitrogens with zero attached hydrogens (tertiary/aromatic N) is 2. The molecule has 7 heteroatoms. The summed E-state index contributed by atoms with van der Waals surface area (Å²) in [5, 5.41) is 10.9. The Morgan fingerprint density at radius 2 is 1.59 bits per heavy atom. The van der Waals surface area contributed by atoms with Gasteiger partial charge in [-0.1, -0.05) is 26.0 Å². The summed E-state index contributed by atoms with van der Waals surface area (Å²) in [5.74, 6) is 1.25. The Hall–Kier alpha value is -2.15. The zero-order chi connectivity index (χ0) is 16.2. The predicted molar refractivity (Wildman–Crippen MR) is 88.9 cm³/mol. The van der Waals surface area contributed by atoms with Crippen molar-refractivity contribution < 1.29 is 8.42 Å². The molecule has 2 rings (SSSR count). The van der Waals surface area contributed by atoms with Gasteiger partial charge >= 0.3 is 0 Å². The molecule has 2 N–H and O–H groups in total. The van der Waals surface area contributed by atoms with Crippen LogP contribution in [0, 0.1) is 0 Å². The Kier molecular flexibility index (Phi) is 4.97. The van der Waals surface area contributed by atoms with Crippen LogP contribution < -0.4 is 10.0 Å². The summed E-state index contributed by atoms with van der Waals surface area (Å²) in [6.45, 7) is 5.85. The smallest absolute Gasteiger partial charge is 0.233 e. The lowest BCUT2D eigenvalue weighted by molar-refractivity contribution is 0.602. The summed E-state index contributed by atoms with van der Waals surface area (Å²) in [7, 11) is -3.33. The molecule has 0 spiro atoms. The van der Waals surface area contributed by atoms with Crippen LogP contribution in [0.2, 0.25) is 0 Å². The van der Waals surface area contributed by atoms with Crippen molar-refractivity contribution >= 4 is 27.3 Å². The van der Waals surface area contributed by atoms with E-state index >= 15 is 0 Å². The Bertz CT molecular complexity index is 710. The Morgan fingerprint density at radius 1 is 1.00 bits per heavy atom. The number of hydrogen-bond donors (Lipinski definition) is 2. The molecule has 0 saturated heterocycles. The molecule has 22 heavy (non-hydrogen) atoms. The molecule has 0 atom stereocenters. The number of nitrogens with one attached hydrogen (secondary N) is 2. The van der Waals surface area contributed by atoms with Crippen molar-refractivity contribution in [2.75, 3.05) is 15.8 Å². The number of anilines is 3. The molecule has 1 aromatic carbocycles. The molecule has 0 unspecified atom stereocenters. The van der Waals surface area contributed by atoms with Gasteiger partial charge < -0.3 is 5.32 Å². The second-order valence-corrected chi connectivity index (χ2v) is 7.22. The molecule has 0 radical (unpaired) electrons. The lowest BCUT2D eigenvalue weighted by Gasteiger charge is -2.09. The summed E-state index contributed by atoms with van der Waals surface area (Å²) < 4.78 is 25.2. The molecule has 118 valence electrons. The van der Waals surface area contributed by atoms with Gasteiger partial charge in [0.2, 0.25) is 10.0 Å². The largest absolute Gasteiger partial charge is 0.339 e. The van der Waals surface area contributed by atoms with E-state index in [1.165, 1.54) is 5.56 Å². The first-order valence-corrected chi connectivity index (χ1v) is 8.76. The van der Waals surface area contributed by atoms with Gasteiger partial charge in [0.25, 0.3) is 0 Å². The number of benzene rings is 1. The van der Waals surface area contributed by atoms with Crippen LogP contribution in [0.1, 0.15) is 32.3 Å². The molecule has 0 aliphatic carbocycles. The van der Waals surface area contributed by atoms with Crippen LogP contribution in [0.15, 0.2) is 36.4 Å². The third kappa shape index (κ3) is 4.42. The van der Waals surface area contributed by atoms with Crippen molar-refractivity contribution in [1.82, 2.24) is 10.2 Å². The molecule has 0 aliphatic heterocycles. The molecule has 0 fully saturated rings. The SMILES string of the molecule is CCS(=O)(=O)Nc1ccc(Nc2ccc(C(C)C)cc2)nn1. The van der Waals surface area contributed by atoms with Gasteiger partial charge in [-0.15, -0.1) is 10.2 Å². The number of hydrogen-bond acceptors (Lipinski definition) is 5. The highest BCUT2D eigenvalue weighted by molar-refractivity contribution is 7.92. The summed E-state index contributed by atoms with van der Waals surface area (Å²) in [5.41, 5.74) is 2.17. The van der Waals surface area contributed by atoms with Crippen molar-refractivity contribution in [2.24, 2.45) is 0 Å². The minimum Gasteiger partial charge on any atom is -0.339 e. The van der Waals surface area contributed by atoms with Crippen LogP contribution in [0.3, 0.4) is 0 Å². The van der Waals surface area contributed by atoms with Crippen molar-refractivity contribution in [2.45, 2.75) is 26.7 Å². The molecular formula is C15H20N4O2S. The van der Waals surface area contributed by atoms with E-state index in [0.717, 1.165) is 5.69 Å². The highest BCUT2D eigenvalue weighted by Gasteiger charge is 2.08. The molecular weight excluding hydrogens is 300 g/mol. The summed E-state index contributed by atoms with van der Waals surface area (Å²) >= 11 is 0. The maximum absolute atomic E-state index is 11.4. The predicted octanol–water partition coefficient (Wildman–Crippen LogP) is 3.11. The summed E-state index contributed by atoms with van der Waals surface area (Å²) in [6, 6.07) is 11.3. The van der Waals surface area contributed by atoms with Gasteiger partial charge in [-0.05, 0) is 42.7 Å². The molecule has 1 heterocycles. The summed E-state index contributed by atoms with van der Waals surface area (Å²) in [4.78, 5) is 0. The molecule has 0 saturated carbocycles. The first-order chi connectivity index (χ1) is 10.4. The van der Waals surface area contributed by atoms with E-state index in [-0.39, 0.29) is 11.6 Å². The molecule has 2 aromatic rings. The lowest BCUT2D eigenvalue weighted by atomic mass is 10.0. The zero-order valence-electron chi connectivity index (χ0n) is 12.9. The average Bonchev–Trinajstić information content (AvgIpc) is 2.49. The quantitative estimate of drug-likeness (QED) is 0.854. The van der Waals surface area contributed by atoms with Crippen LogP contribution in [0.25, 0.3) is 0 Å². The molecule has 0 bridgehead atoms. The number of sulfonamides is 1. The average molecular weight is 320 g/mol. The van der Waals surface area contributed by atoms with E-state index in [4.69, 9.17) is 0 Å². The van der Waals surface area contributed by atoms with E-state index in [2.05, 4.69) is 46.2 Å². The van der Waals surface area contributed by atoms with E-state index in [1.54, 1.807) is 19.1 Å². The highest BCUT2D eigenvalue weighted by atomic mass is 32.2.